The van der Waals surface area contributed by atoms with Crippen LogP contribution in [-0.4, -0.2) is 46.9 Å². The minimum atomic E-state index is -1.21. The first-order chi connectivity index (χ1) is 12.2. The first-order valence-electron chi connectivity index (χ1n) is 8.70. The number of ketones is 2. The van der Waals surface area contributed by atoms with Gasteiger partial charge in [0.1, 0.15) is 18.0 Å². The molecule has 1 aliphatic carbocycles. The molecular weight excluding hydrogens is 340 g/mol. The molecule has 142 valence electrons. The number of rotatable bonds is 0. The molecule has 0 aromatic heterocycles. The monoisotopic (exact) mass is 364 g/mol. The summed E-state index contributed by atoms with van der Waals surface area (Å²) in [5.41, 5.74) is 0.526. The number of ether oxygens (including phenoxy) is 2. The zero-order valence-electron chi connectivity index (χ0n) is 15.1. The highest BCUT2D eigenvalue weighted by molar-refractivity contribution is 6.00. The second-order valence-corrected chi connectivity index (χ2v) is 6.89. The van der Waals surface area contributed by atoms with Gasteiger partial charge >= 0.3 is 11.9 Å². The minimum Gasteiger partial charge on any atom is -0.460 e. The number of carbonyl (C=O) groups is 4. The van der Waals surface area contributed by atoms with Crippen LogP contribution in [0.1, 0.15) is 40.0 Å². The van der Waals surface area contributed by atoms with E-state index in [9.17, 15) is 24.3 Å². The Bertz CT molecular complexity index is 661. The molecule has 2 rings (SSSR count). The summed E-state index contributed by atoms with van der Waals surface area (Å²) in [6.07, 6.45) is 1.32. The molecule has 5 atom stereocenters. The number of aliphatic hydroxyl groups is 1. The Morgan fingerprint density at radius 2 is 1.81 bits per heavy atom. The smallest absolute Gasteiger partial charge is 0.330 e. The number of Topliss-reactive ketones (excluding diaryl/α,β-unsaturated/α-hetero) is 1. The lowest BCUT2D eigenvalue weighted by Gasteiger charge is -2.30. The maximum Gasteiger partial charge on any atom is 0.330 e. The van der Waals surface area contributed by atoms with Crippen molar-refractivity contribution in [2.75, 3.05) is 0 Å². The van der Waals surface area contributed by atoms with Gasteiger partial charge in [-0.2, -0.15) is 0 Å². The van der Waals surface area contributed by atoms with Crippen LogP contribution in [0.3, 0.4) is 0 Å². The van der Waals surface area contributed by atoms with E-state index in [0.717, 1.165) is 6.08 Å². The van der Waals surface area contributed by atoms with Crippen molar-refractivity contribution < 1.29 is 33.8 Å². The first-order valence-corrected chi connectivity index (χ1v) is 8.70. The van der Waals surface area contributed by atoms with Crippen LogP contribution in [-0.2, 0) is 28.7 Å². The Morgan fingerprint density at radius 1 is 1.12 bits per heavy atom. The van der Waals surface area contributed by atoms with Crippen LogP contribution in [0.25, 0.3) is 0 Å². The van der Waals surface area contributed by atoms with Gasteiger partial charge in [0.25, 0.3) is 0 Å². The summed E-state index contributed by atoms with van der Waals surface area (Å²) in [6, 6.07) is 0. The molecule has 0 bridgehead atoms. The van der Waals surface area contributed by atoms with E-state index in [1.165, 1.54) is 19.1 Å². The van der Waals surface area contributed by atoms with Gasteiger partial charge in [-0.3, -0.25) is 14.4 Å². The van der Waals surface area contributed by atoms with Crippen molar-refractivity contribution in [2.24, 2.45) is 11.8 Å². The van der Waals surface area contributed by atoms with Gasteiger partial charge in [0.15, 0.2) is 5.78 Å². The van der Waals surface area contributed by atoms with Crippen LogP contribution in [0.5, 0.6) is 0 Å². The SMILES string of the molecule is CC1=CC(=O)C[C@@H]2C(=O)O[C@@H](C)[C@H](O)/C=C\C(=O)O[C@@H](C)CCC(=O)[C@@H]12. The molecule has 2 aliphatic rings. The molecule has 0 aromatic rings. The molecule has 0 aromatic carbocycles. The third-order valence-corrected chi connectivity index (χ3v) is 4.68. The van der Waals surface area contributed by atoms with Crippen molar-refractivity contribution in [3.05, 3.63) is 23.8 Å². The molecule has 0 saturated carbocycles. The maximum absolute atomic E-state index is 12.7. The van der Waals surface area contributed by atoms with Gasteiger partial charge in [0, 0.05) is 18.9 Å². The number of esters is 2. The van der Waals surface area contributed by atoms with Gasteiger partial charge in [-0.25, -0.2) is 4.79 Å². The predicted octanol–water partition coefficient (Wildman–Crippen LogP) is 1.28. The van der Waals surface area contributed by atoms with E-state index in [-0.39, 0.29) is 24.4 Å². The van der Waals surface area contributed by atoms with Crippen molar-refractivity contribution in [1.29, 1.82) is 0 Å². The third-order valence-electron chi connectivity index (χ3n) is 4.68. The fraction of sp³-hybridized carbons (Fsp3) is 0.579. The Balaban J connectivity index is 2.33. The average Bonchev–Trinajstić information content (AvgIpc) is 2.55. The summed E-state index contributed by atoms with van der Waals surface area (Å²) >= 11 is 0. The number of fused-ring (bicyclic) bond motifs is 1. The molecule has 26 heavy (non-hydrogen) atoms. The summed E-state index contributed by atoms with van der Waals surface area (Å²) < 4.78 is 10.4. The van der Waals surface area contributed by atoms with Crippen molar-refractivity contribution in [1.82, 2.24) is 0 Å². The molecule has 1 aliphatic heterocycles. The lowest BCUT2D eigenvalue weighted by Crippen LogP contribution is -2.39. The summed E-state index contributed by atoms with van der Waals surface area (Å²) in [5, 5.41) is 10.0. The number of allylic oxidation sites excluding steroid dienone is 2. The van der Waals surface area contributed by atoms with Crippen molar-refractivity contribution in [2.45, 2.75) is 58.3 Å². The summed E-state index contributed by atoms with van der Waals surface area (Å²) in [4.78, 5) is 48.8. The number of cyclic esters (lactones) is 2. The summed E-state index contributed by atoms with van der Waals surface area (Å²) in [5.74, 6) is -3.42. The Hall–Kier alpha value is -2.28. The zero-order chi connectivity index (χ0) is 19.4. The molecule has 0 fully saturated rings. The highest BCUT2D eigenvalue weighted by Gasteiger charge is 2.40. The van der Waals surface area contributed by atoms with Crippen molar-refractivity contribution in [3.8, 4) is 0 Å². The van der Waals surface area contributed by atoms with E-state index in [2.05, 4.69) is 0 Å². The Labute approximate surface area is 152 Å². The fourth-order valence-electron chi connectivity index (χ4n) is 3.22. The highest BCUT2D eigenvalue weighted by Crippen LogP contribution is 2.32. The van der Waals surface area contributed by atoms with Gasteiger partial charge in [0.2, 0.25) is 0 Å². The Morgan fingerprint density at radius 3 is 2.50 bits per heavy atom. The molecule has 7 nitrogen and oxygen atoms in total. The number of aliphatic hydroxyl groups excluding tert-OH is 1. The predicted molar refractivity (Wildman–Crippen MR) is 90.9 cm³/mol. The van der Waals surface area contributed by atoms with Gasteiger partial charge in [-0.05, 0) is 39.3 Å². The molecule has 1 heterocycles. The maximum atomic E-state index is 12.7. The fourth-order valence-corrected chi connectivity index (χ4v) is 3.22. The van der Waals surface area contributed by atoms with Crippen LogP contribution in [0.15, 0.2) is 23.8 Å². The van der Waals surface area contributed by atoms with Gasteiger partial charge in [-0.1, -0.05) is 5.57 Å². The second kappa shape index (κ2) is 8.40. The summed E-state index contributed by atoms with van der Waals surface area (Å²) in [6.45, 7) is 4.78. The average molecular weight is 364 g/mol. The van der Waals surface area contributed by atoms with E-state index in [1.54, 1.807) is 13.8 Å². The molecular formula is C19H24O7. The molecule has 7 heteroatoms. The van der Waals surface area contributed by atoms with Crippen LogP contribution >= 0.6 is 0 Å². The topological polar surface area (TPSA) is 107 Å². The van der Waals surface area contributed by atoms with E-state index < -0.39 is 42.1 Å². The van der Waals surface area contributed by atoms with E-state index >= 15 is 0 Å². The summed E-state index contributed by atoms with van der Waals surface area (Å²) in [7, 11) is 0. The quantitative estimate of drug-likeness (QED) is 0.645. The number of hydrogen-bond donors (Lipinski definition) is 1. The van der Waals surface area contributed by atoms with Gasteiger partial charge in [0.05, 0.1) is 17.9 Å². The molecule has 1 N–H and O–H groups in total. The van der Waals surface area contributed by atoms with Gasteiger partial charge < -0.3 is 14.6 Å². The van der Waals surface area contributed by atoms with E-state index in [1.807, 2.05) is 0 Å². The Kier molecular flexibility index (Phi) is 6.47. The molecule has 0 radical (unpaired) electrons. The normalized spacial score (nSPS) is 35.5. The minimum absolute atomic E-state index is 0.101. The molecule has 0 amide bonds. The largest absolute Gasteiger partial charge is 0.460 e. The molecule has 0 saturated heterocycles. The third kappa shape index (κ3) is 4.88. The molecule has 0 unspecified atom stereocenters. The van der Waals surface area contributed by atoms with E-state index in [0.29, 0.717) is 12.0 Å². The first kappa shape index (κ1) is 20.0. The van der Waals surface area contributed by atoms with Crippen LogP contribution in [0.4, 0.5) is 0 Å². The van der Waals surface area contributed by atoms with E-state index in [4.69, 9.17) is 9.47 Å². The van der Waals surface area contributed by atoms with Crippen LogP contribution < -0.4 is 0 Å². The lowest BCUT2D eigenvalue weighted by atomic mass is 9.75. The number of hydrogen-bond acceptors (Lipinski definition) is 7. The molecule has 0 spiro atoms. The highest BCUT2D eigenvalue weighted by atomic mass is 16.6. The zero-order valence-corrected chi connectivity index (χ0v) is 15.1. The lowest BCUT2D eigenvalue weighted by molar-refractivity contribution is -0.161. The van der Waals surface area contributed by atoms with Gasteiger partial charge in [-0.15, -0.1) is 0 Å². The van der Waals surface area contributed by atoms with Crippen molar-refractivity contribution >= 4 is 23.5 Å². The second-order valence-electron chi connectivity index (χ2n) is 6.89. The number of carbonyl (C=O) groups excluding carboxylic acids is 4. The van der Waals surface area contributed by atoms with Crippen LogP contribution in [0, 0.1) is 11.8 Å². The van der Waals surface area contributed by atoms with Crippen LogP contribution in [0.2, 0.25) is 0 Å². The standard InChI is InChI=1S/C19H24O7/c1-10-8-13(20)9-14-18(10)16(22)5-4-11(2)25-17(23)7-6-15(21)12(3)26-19(14)24/h6-8,11-12,14-15,18,21H,4-5,9H2,1-3H3/b7-6-/t11-,12-,14-,15+,18-/m0/s1. The van der Waals surface area contributed by atoms with Crippen molar-refractivity contribution in [3.63, 3.8) is 0 Å².